The molecule has 1 saturated carbocycles. The van der Waals surface area contributed by atoms with Crippen LogP contribution in [0.1, 0.15) is 52.4 Å². The zero-order valence-corrected chi connectivity index (χ0v) is 9.71. The van der Waals surface area contributed by atoms with Crippen LogP contribution in [0, 0.1) is 5.92 Å². The van der Waals surface area contributed by atoms with Crippen LogP contribution in [0.25, 0.3) is 0 Å². The normalized spacial score (nSPS) is 26.8. The van der Waals surface area contributed by atoms with Crippen molar-refractivity contribution in [3.8, 4) is 0 Å². The first-order chi connectivity index (χ1) is 7.09. The van der Waals surface area contributed by atoms with Crippen LogP contribution in [0.15, 0.2) is 0 Å². The summed E-state index contributed by atoms with van der Waals surface area (Å²) in [4.78, 5) is 22.2. The lowest BCUT2D eigenvalue weighted by atomic mass is 9.97. The van der Waals surface area contributed by atoms with E-state index in [0.29, 0.717) is 5.92 Å². The molecule has 0 radical (unpaired) electrons. The van der Waals surface area contributed by atoms with Gasteiger partial charge in [0.15, 0.2) is 0 Å². The molecule has 3 heteroatoms. The highest BCUT2D eigenvalue weighted by atomic mass is 16.2. The van der Waals surface area contributed by atoms with Crippen molar-refractivity contribution in [2.75, 3.05) is 0 Å². The topological polar surface area (TPSA) is 46.2 Å². The molecule has 0 spiro atoms. The van der Waals surface area contributed by atoms with Crippen molar-refractivity contribution < 1.29 is 9.59 Å². The number of amides is 1. The van der Waals surface area contributed by atoms with Crippen LogP contribution < -0.4 is 5.32 Å². The van der Waals surface area contributed by atoms with E-state index in [1.165, 1.54) is 32.6 Å². The number of carbonyl (C=O) groups is 2. The molecule has 0 aromatic carbocycles. The molecule has 0 heterocycles. The Morgan fingerprint density at radius 1 is 1.20 bits per heavy atom. The number of carbonyl (C=O) groups excluding carboxylic acids is 2. The minimum absolute atomic E-state index is 0.0310. The van der Waals surface area contributed by atoms with Crippen LogP contribution in [0.4, 0.5) is 0 Å². The van der Waals surface area contributed by atoms with Gasteiger partial charge < -0.3 is 5.32 Å². The molecule has 2 atom stereocenters. The molecule has 1 amide bonds. The Labute approximate surface area is 91.6 Å². The van der Waals surface area contributed by atoms with Gasteiger partial charge in [-0.1, -0.05) is 26.2 Å². The summed E-state index contributed by atoms with van der Waals surface area (Å²) in [7, 11) is 0. The van der Waals surface area contributed by atoms with Gasteiger partial charge in [0.25, 0.3) is 0 Å². The van der Waals surface area contributed by atoms with Crippen LogP contribution >= 0.6 is 0 Å². The van der Waals surface area contributed by atoms with E-state index in [1.54, 1.807) is 0 Å². The summed E-state index contributed by atoms with van der Waals surface area (Å²) < 4.78 is 0. The zero-order chi connectivity index (χ0) is 11.3. The lowest BCUT2D eigenvalue weighted by Gasteiger charge is -2.22. The van der Waals surface area contributed by atoms with E-state index in [1.807, 2.05) is 0 Å². The summed E-state index contributed by atoms with van der Waals surface area (Å²) in [6, 6.07) is 0.277. The van der Waals surface area contributed by atoms with Gasteiger partial charge in [-0.3, -0.25) is 9.59 Å². The second kappa shape index (κ2) is 5.89. The predicted molar refractivity (Wildman–Crippen MR) is 59.5 cm³/mol. The van der Waals surface area contributed by atoms with Crippen molar-refractivity contribution in [3.05, 3.63) is 0 Å². The average molecular weight is 211 g/mol. The van der Waals surface area contributed by atoms with Crippen molar-refractivity contribution in [1.29, 1.82) is 0 Å². The molecule has 0 bridgehead atoms. The van der Waals surface area contributed by atoms with E-state index >= 15 is 0 Å². The fraction of sp³-hybridized carbons (Fsp3) is 0.833. The second-order valence-electron chi connectivity index (χ2n) is 4.67. The van der Waals surface area contributed by atoms with Crippen molar-refractivity contribution >= 4 is 11.7 Å². The summed E-state index contributed by atoms with van der Waals surface area (Å²) in [5, 5.41) is 2.98. The molecule has 0 aromatic rings. The minimum atomic E-state index is -0.110. The monoisotopic (exact) mass is 211 g/mol. The SMILES string of the molecule is CC(=O)CC(=O)NC1CCCCCC1C. The molecule has 15 heavy (non-hydrogen) atoms. The van der Waals surface area contributed by atoms with Crippen LogP contribution in [0.3, 0.4) is 0 Å². The van der Waals surface area contributed by atoms with Crippen LogP contribution in [0.2, 0.25) is 0 Å². The molecule has 3 nitrogen and oxygen atoms in total. The van der Waals surface area contributed by atoms with E-state index in [9.17, 15) is 9.59 Å². The van der Waals surface area contributed by atoms with E-state index in [4.69, 9.17) is 0 Å². The molecule has 0 saturated heterocycles. The summed E-state index contributed by atoms with van der Waals surface area (Å²) in [6.45, 7) is 3.64. The van der Waals surface area contributed by atoms with Gasteiger partial charge in [0.1, 0.15) is 5.78 Å². The third kappa shape index (κ3) is 4.45. The van der Waals surface area contributed by atoms with Gasteiger partial charge in [-0.25, -0.2) is 0 Å². The van der Waals surface area contributed by atoms with E-state index < -0.39 is 0 Å². The second-order valence-corrected chi connectivity index (χ2v) is 4.67. The third-order valence-electron chi connectivity index (χ3n) is 3.12. The van der Waals surface area contributed by atoms with Gasteiger partial charge in [-0.05, 0) is 25.7 Å². The largest absolute Gasteiger partial charge is 0.353 e. The molecule has 86 valence electrons. The molecular formula is C12H21NO2. The summed E-state index contributed by atoms with van der Waals surface area (Å²) in [6.07, 6.45) is 6.00. The van der Waals surface area contributed by atoms with E-state index in [2.05, 4.69) is 12.2 Å². The fourth-order valence-electron chi connectivity index (χ4n) is 2.19. The maximum atomic E-state index is 11.4. The smallest absolute Gasteiger partial charge is 0.227 e. The Hall–Kier alpha value is -0.860. The van der Waals surface area contributed by atoms with E-state index in [-0.39, 0.29) is 24.2 Å². The number of Topliss-reactive ketones (excluding diaryl/α,β-unsaturated/α-hetero) is 1. The molecule has 0 aromatic heterocycles. The fourth-order valence-corrected chi connectivity index (χ4v) is 2.19. The lowest BCUT2D eigenvalue weighted by molar-refractivity contribution is -0.127. The zero-order valence-electron chi connectivity index (χ0n) is 9.71. The Morgan fingerprint density at radius 3 is 2.53 bits per heavy atom. The first-order valence-corrected chi connectivity index (χ1v) is 5.88. The molecule has 1 N–H and O–H groups in total. The summed E-state index contributed by atoms with van der Waals surface area (Å²) in [5.41, 5.74) is 0. The minimum Gasteiger partial charge on any atom is -0.353 e. The Morgan fingerprint density at radius 2 is 1.87 bits per heavy atom. The number of rotatable bonds is 3. The highest BCUT2D eigenvalue weighted by Gasteiger charge is 2.21. The summed E-state index contributed by atoms with van der Waals surface area (Å²) in [5.74, 6) is 0.374. The third-order valence-corrected chi connectivity index (χ3v) is 3.12. The number of hydrogen-bond donors (Lipinski definition) is 1. The molecule has 0 aliphatic heterocycles. The van der Waals surface area contributed by atoms with Gasteiger partial charge in [-0.2, -0.15) is 0 Å². The number of hydrogen-bond acceptors (Lipinski definition) is 2. The van der Waals surface area contributed by atoms with Crippen molar-refractivity contribution in [2.45, 2.75) is 58.4 Å². The van der Waals surface area contributed by atoms with Gasteiger partial charge >= 0.3 is 0 Å². The standard InChI is InChI=1S/C12H21NO2/c1-9-6-4-3-5-7-11(9)13-12(15)8-10(2)14/h9,11H,3-8H2,1-2H3,(H,13,15). The Balaban J connectivity index is 2.40. The Bertz CT molecular complexity index is 238. The van der Waals surface area contributed by atoms with Gasteiger partial charge in [-0.15, -0.1) is 0 Å². The van der Waals surface area contributed by atoms with Crippen molar-refractivity contribution in [3.63, 3.8) is 0 Å². The predicted octanol–water partition coefficient (Wildman–Crippen LogP) is 2.05. The van der Waals surface area contributed by atoms with Crippen LogP contribution in [-0.2, 0) is 9.59 Å². The first kappa shape index (κ1) is 12.2. The van der Waals surface area contributed by atoms with Crippen molar-refractivity contribution in [2.24, 2.45) is 5.92 Å². The van der Waals surface area contributed by atoms with Gasteiger partial charge in [0.05, 0.1) is 6.42 Å². The first-order valence-electron chi connectivity index (χ1n) is 5.88. The molecule has 1 fully saturated rings. The van der Waals surface area contributed by atoms with Gasteiger partial charge in [0, 0.05) is 6.04 Å². The molecule has 1 rings (SSSR count). The maximum Gasteiger partial charge on any atom is 0.227 e. The quantitative estimate of drug-likeness (QED) is 0.573. The highest BCUT2D eigenvalue weighted by molar-refractivity contribution is 5.96. The molecule has 2 unspecified atom stereocenters. The number of nitrogens with one attached hydrogen (secondary N) is 1. The molecule has 1 aliphatic rings. The van der Waals surface area contributed by atoms with Gasteiger partial charge in [0.2, 0.25) is 5.91 Å². The van der Waals surface area contributed by atoms with Crippen LogP contribution in [-0.4, -0.2) is 17.7 Å². The average Bonchev–Trinajstić information content (AvgIpc) is 2.30. The van der Waals surface area contributed by atoms with Crippen molar-refractivity contribution in [1.82, 2.24) is 5.32 Å². The number of ketones is 1. The van der Waals surface area contributed by atoms with Crippen LogP contribution in [0.5, 0.6) is 0 Å². The highest BCUT2D eigenvalue weighted by Crippen LogP contribution is 2.22. The van der Waals surface area contributed by atoms with E-state index in [0.717, 1.165) is 6.42 Å². The summed E-state index contributed by atoms with van der Waals surface area (Å²) >= 11 is 0. The maximum absolute atomic E-state index is 11.4. The molecule has 1 aliphatic carbocycles. The lowest BCUT2D eigenvalue weighted by Crippen LogP contribution is -2.39. The molecular weight excluding hydrogens is 190 g/mol. The Kier molecular flexibility index (Phi) is 4.79.